The van der Waals surface area contributed by atoms with Gasteiger partial charge in [0.25, 0.3) is 0 Å². The minimum absolute atomic E-state index is 0.533. The van der Waals surface area contributed by atoms with E-state index in [2.05, 4.69) is 144 Å². The molecule has 0 bridgehead atoms. The lowest BCUT2D eigenvalue weighted by Crippen LogP contribution is -2.06. The fraction of sp³-hybridized carbons (Fsp3) is 0. The van der Waals surface area contributed by atoms with Gasteiger partial charge in [0.15, 0.2) is 11.6 Å². The van der Waals surface area contributed by atoms with Crippen LogP contribution in [0, 0.1) is 11.3 Å². The highest BCUT2D eigenvalue weighted by Crippen LogP contribution is 2.45. The Morgan fingerprint density at radius 1 is 0.442 bits per heavy atom. The number of benzene rings is 7. The zero-order valence-electron chi connectivity index (χ0n) is 27.7. The molecule has 0 spiro atoms. The van der Waals surface area contributed by atoms with E-state index in [0.717, 1.165) is 54.1 Å². The highest BCUT2D eigenvalue weighted by atomic mass is 32.1. The molecular weight excluding hydrogens is 655 g/mol. The molecule has 0 aliphatic carbocycles. The molecule has 242 valence electrons. The fourth-order valence-electron chi connectivity index (χ4n) is 7.25. The van der Waals surface area contributed by atoms with Crippen molar-refractivity contribution in [2.45, 2.75) is 0 Å². The van der Waals surface area contributed by atoms with Gasteiger partial charge in [-0.15, -0.1) is 11.3 Å². The average molecular weight is 682 g/mol. The molecule has 3 heterocycles. The van der Waals surface area contributed by atoms with Crippen LogP contribution in [-0.2, 0) is 0 Å². The smallest absolute Gasteiger partial charge is 0.238 e. The lowest BCUT2D eigenvalue weighted by molar-refractivity contribution is 0.954. The molecule has 10 rings (SSSR count). The van der Waals surface area contributed by atoms with Crippen molar-refractivity contribution in [2.24, 2.45) is 0 Å². The number of nitrogens with zero attached hydrogens (tertiary/aromatic N) is 5. The number of hydrogen-bond acceptors (Lipinski definition) is 5. The Balaban J connectivity index is 1.31. The van der Waals surface area contributed by atoms with Crippen LogP contribution in [0.2, 0.25) is 0 Å². The molecule has 7 aromatic carbocycles. The Labute approximate surface area is 303 Å². The third-order valence-corrected chi connectivity index (χ3v) is 11.0. The number of rotatable bonds is 5. The zero-order valence-corrected chi connectivity index (χ0v) is 28.5. The van der Waals surface area contributed by atoms with Crippen LogP contribution in [0.5, 0.6) is 0 Å². The number of nitriles is 1. The van der Waals surface area contributed by atoms with E-state index in [1.165, 1.54) is 21.2 Å². The Bertz CT molecular complexity index is 2960. The maximum Gasteiger partial charge on any atom is 0.238 e. The second-order valence-corrected chi connectivity index (χ2v) is 13.8. The summed E-state index contributed by atoms with van der Waals surface area (Å²) < 4.78 is 4.47. The van der Waals surface area contributed by atoms with E-state index in [4.69, 9.17) is 15.0 Å². The highest BCUT2D eigenvalue weighted by molar-refractivity contribution is 7.26. The van der Waals surface area contributed by atoms with E-state index in [-0.39, 0.29) is 0 Å². The van der Waals surface area contributed by atoms with Crippen molar-refractivity contribution >= 4 is 53.3 Å². The summed E-state index contributed by atoms with van der Waals surface area (Å²) in [7, 11) is 0. The third-order valence-electron chi connectivity index (χ3n) is 9.71. The largest absolute Gasteiger partial charge is 0.278 e. The molecule has 0 unspecified atom stereocenters. The molecule has 52 heavy (non-hydrogen) atoms. The van der Waals surface area contributed by atoms with Crippen molar-refractivity contribution in [1.82, 2.24) is 19.5 Å². The zero-order chi connectivity index (χ0) is 34.6. The molecule has 0 N–H and O–H groups in total. The second kappa shape index (κ2) is 12.1. The van der Waals surface area contributed by atoms with Gasteiger partial charge in [0.1, 0.15) is 0 Å². The van der Waals surface area contributed by atoms with Crippen molar-refractivity contribution < 1.29 is 0 Å². The van der Waals surface area contributed by atoms with Crippen molar-refractivity contribution in [3.05, 3.63) is 169 Å². The molecule has 5 nitrogen and oxygen atoms in total. The number of fused-ring (bicyclic) bond motifs is 6. The van der Waals surface area contributed by atoms with Crippen LogP contribution in [0.4, 0.5) is 0 Å². The standard InChI is InChI=1S/C46H27N5S/c47-28-29-22-24-32(25-23-29)44-48-45(50-46(49-44)51-40-20-9-7-16-35(40)36-17-8-10-21-41(36)51)39-27-33(30-12-3-1-4-13-30)26-38-37-19-11-18-34(42(37)52-43(38)39)31-14-5-2-6-15-31/h1-27H. The van der Waals surface area contributed by atoms with Gasteiger partial charge in [-0.3, -0.25) is 4.57 Å². The molecule has 0 saturated heterocycles. The van der Waals surface area contributed by atoms with Gasteiger partial charge in [0, 0.05) is 42.1 Å². The van der Waals surface area contributed by atoms with Crippen LogP contribution in [0.3, 0.4) is 0 Å². The predicted molar refractivity (Wildman–Crippen MR) is 214 cm³/mol. The number of thiophene rings is 1. The first-order valence-corrected chi connectivity index (χ1v) is 17.9. The molecule has 3 aromatic heterocycles. The summed E-state index contributed by atoms with van der Waals surface area (Å²) in [6.07, 6.45) is 0. The van der Waals surface area contributed by atoms with Gasteiger partial charge in [-0.2, -0.15) is 15.2 Å². The summed E-state index contributed by atoms with van der Waals surface area (Å²) in [6.45, 7) is 0. The van der Waals surface area contributed by atoms with Crippen LogP contribution in [0.15, 0.2) is 164 Å². The first-order valence-electron chi connectivity index (χ1n) is 17.1. The molecule has 0 aliphatic heterocycles. The summed E-state index contributed by atoms with van der Waals surface area (Å²) in [5.41, 5.74) is 8.96. The SMILES string of the molecule is N#Cc1ccc(-c2nc(-c3cc(-c4ccccc4)cc4c3sc3c(-c5ccccc5)cccc34)nc(-n3c4ccccc4c4ccccc43)n2)cc1. The van der Waals surface area contributed by atoms with E-state index in [1.54, 1.807) is 11.3 Å². The molecule has 0 aliphatic rings. The van der Waals surface area contributed by atoms with Crippen LogP contribution in [-0.4, -0.2) is 19.5 Å². The minimum Gasteiger partial charge on any atom is -0.278 e. The normalized spacial score (nSPS) is 11.4. The summed E-state index contributed by atoms with van der Waals surface area (Å²) in [5, 5.41) is 14.2. The Hall–Kier alpha value is -6.94. The maximum atomic E-state index is 9.54. The molecule has 0 atom stereocenters. The maximum absolute atomic E-state index is 9.54. The van der Waals surface area contributed by atoms with Crippen LogP contribution in [0.25, 0.3) is 93.0 Å². The lowest BCUT2D eigenvalue weighted by atomic mass is 9.97. The van der Waals surface area contributed by atoms with Crippen LogP contribution >= 0.6 is 11.3 Å². The van der Waals surface area contributed by atoms with Gasteiger partial charge in [-0.05, 0) is 70.8 Å². The summed E-state index contributed by atoms with van der Waals surface area (Å²) >= 11 is 1.78. The van der Waals surface area contributed by atoms with Gasteiger partial charge in [0.2, 0.25) is 5.95 Å². The van der Waals surface area contributed by atoms with Gasteiger partial charge < -0.3 is 0 Å². The van der Waals surface area contributed by atoms with E-state index >= 15 is 0 Å². The molecule has 0 fully saturated rings. The molecular formula is C46H27N5S. The van der Waals surface area contributed by atoms with Crippen LogP contribution in [0.1, 0.15) is 5.56 Å². The fourth-order valence-corrected chi connectivity index (χ4v) is 8.58. The first-order chi connectivity index (χ1) is 25.7. The topological polar surface area (TPSA) is 67.4 Å². The Morgan fingerprint density at radius 2 is 1.04 bits per heavy atom. The van der Waals surface area contributed by atoms with E-state index in [0.29, 0.717) is 23.2 Å². The Morgan fingerprint density at radius 3 is 1.73 bits per heavy atom. The van der Waals surface area contributed by atoms with Crippen LogP contribution < -0.4 is 0 Å². The lowest BCUT2D eigenvalue weighted by Gasteiger charge is -2.12. The second-order valence-electron chi connectivity index (χ2n) is 12.8. The molecule has 0 saturated carbocycles. The van der Waals surface area contributed by atoms with Crippen molar-refractivity contribution in [3.63, 3.8) is 0 Å². The van der Waals surface area contributed by atoms with Gasteiger partial charge >= 0.3 is 0 Å². The summed E-state index contributed by atoms with van der Waals surface area (Å²) in [4.78, 5) is 15.7. The average Bonchev–Trinajstić information content (AvgIpc) is 3.77. The van der Waals surface area contributed by atoms with E-state index in [1.807, 2.05) is 30.3 Å². The third kappa shape index (κ3) is 4.87. The van der Waals surface area contributed by atoms with Gasteiger partial charge in [-0.25, -0.2) is 4.98 Å². The van der Waals surface area contributed by atoms with Gasteiger partial charge in [-0.1, -0.05) is 115 Å². The van der Waals surface area contributed by atoms with Crippen molar-refractivity contribution in [2.75, 3.05) is 0 Å². The first kappa shape index (κ1) is 29.9. The molecule has 6 heteroatoms. The van der Waals surface area contributed by atoms with E-state index < -0.39 is 0 Å². The monoisotopic (exact) mass is 681 g/mol. The number of aromatic nitrogens is 4. The Kier molecular flexibility index (Phi) is 6.98. The molecule has 10 aromatic rings. The van der Waals surface area contributed by atoms with Crippen molar-refractivity contribution in [3.8, 4) is 57.0 Å². The highest BCUT2D eigenvalue weighted by Gasteiger charge is 2.21. The summed E-state index contributed by atoms with van der Waals surface area (Å²) in [5.74, 6) is 1.66. The number of hydrogen-bond donors (Lipinski definition) is 0. The quantitative estimate of drug-likeness (QED) is 0.181. The predicted octanol–water partition coefficient (Wildman–Crippen LogP) is 11.9. The van der Waals surface area contributed by atoms with E-state index in [9.17, 15) is 5.26 Å². The number of para-hydroxylation sites is 2. The summed E-state index contributed by atoms with van der Waals surface area (Å²) in [6, 6.07) is 58.6. The molecule has 0 amide bonds. The molecule has 0 radical (unpaired) electrons. The van der Waals surface area contributed by atoms with Gasteiger partial charge in [0.05, 0.1) is 22.7 Å². The van der Waals surface area contributed by atoms with Crippen molar-refractivity contribution in [1.29, 1.82) is 5.26 Å². The minimum atomic E-state index is 0.533.